The molecule has 200 valence electrons. The van der Waals surface area contributed by atoms with E-state index in [1.54, 1.807) is 11.2 Å². The maximum atomic E-state index is 12.8. The summed E-state index contributed by atoms with van der Waals surface area (Å²) < 4.78 is 1.89. The van der Waals surface area contributed by atoms with Crippen LogP contribution in [-0.2, 0) is 4.79 Å². The molecule has 0 unspecified atom stereocenters. The van der Waals surface area contributed by atoms with Crippen molar-refractivity contribution in [2.24, 2.45) is 5.41 Å². The van der Waals surface area contributed by atoms with Gasteiger partial charge in [0.25, 0.3) is 0 Å². The molecule has 2 N–H and O–H groups in total. The number of aromatic nitrogens is 4. The molecule has 1 saturated carbocycles. The van der Waals surface area contributed by atoms with Crippen LogP contribution in [0.3, 0.4) is 0 Å². The average Bonchev–Trinajstić information content (AvgIpc) is 3.67. The highest BCUT2D eigenvalue weighted by atomic mass is 32.1. The predicted molar refractivity (Wildman–Crippen MR) is 153 cm³/mol. The van der Waals surface area contributed by atoms with Crippen LogP contribution in [0.15, 0.2) is 18.6 Å². The highest BCUT2D eigenvalue weighted by Gasteiger charge is 2.48. The van der Waals surface area contributed by atoms with E-state index in [2.05, 4.69) is 65.2 Å². The number of hydrogen-bond donors (Lipinski definition) is 2. The van der Waals surface area contributed by atoms with Crippen molar-refractivity contribution in [1.82, 2.24) is 29.8 Å². The second-order valence-corrected chi connectivity index (χ2v) is 13.5. The Balaban J connectivity index is 1.12. The Morgan fingerprint density at radius 2 is 1.97 bits per heavy atom. The van der Waals surface area contributed by atoms with Gasteiger partial charge in [-0.2, -0.15) is 5.10 Å². The van der Waals surface area contributed by atoms with Gasteiger partial charge in [0.15, 0.2) is 5.65 Å². The van der Waals surface area contributed by atoms with Crippen molar-refractivity contribution >= 4 is 33.1 Å². The summed E-state index contributed by atoms with van der Waals surface area (Å²) in [7, 11) is 0. The van der Waals surface area contributed by atoms with E-state index in [-0.39, 0.29) is 6.04 Å². The third-order valence-corrected chi connectivity index (χ3v) is 10.9. The van der Waals surface area contributed by atoms with Crippen molar-refractivity contribution < 1.29 is 4.79 Å². The van der Waals surface area contributed by atoms with Crippen LogP contribution in [0.4, 0.5) is 0 Å². The van der Waals surface area contributed by atoms with E-state index in [0.29, 0.717) is 23.2 Å². The molecule has 6 heterocycles. The van der Waals surface area contributed by atoms with Gasteiger partial charge in [-0.05, 0) is 93.5 Å². The van der Waals surface area contributed by atoms with E-state index < -0.39 is 0 Å². The largest absolute Gasteiger partial charge is 0.346 e. The van der Waals surface area contributed by atoms with E-state index in [9.17, 15) is 4.79 Å². The minimum Gasteiger partial charge on any atom is -0.346 e. The molecule has 3 fully saturated rings. The molecule has 0 aromatic carbocycles. The van der Waals surface area contributed by atoms with Crippen LogP contribution < -0.4 is 5.32 Å². The summed E-state index contributed by atoms with van der Waals surface area (Å²) in [5, 5.41) is 9.21. The van der Waals surface area contributed by atoms with Gasteiger partial charge < -0.3 is 15.2 Å². The summed E-state index contributed by atoms with van der Waals surface area (Å²) in [6, 6.07) is 2.31. The van der Waals surface area contributed by atoms with Gasteiger partial charge >= 0.3 is 0 Å². The predicted octanol–water partition coefficient (Wildman–Crippen LogP) is 5.92. The Kier molecular flexibility index (Phi) is 5.71. The van der Waals surface area contributed by atoms with Gasteiger partial charge in [-0.1, -0.05) is 13.8 Å². The molecule has 2 aliphatic heterocycles. The number of rotatable bonds is 4. The third-order valence-electron chi connectivity index (χ3n) is 9.53. The summed E-state index contributed by atoms with van der Waals surface area (Å²) in [5.41, 5.74) is 7.69. The Morgan fingerprint density at radius 1 is 1.18 bits per heavy atom. The van der Waals surface area contributed by atoms with Gasteiger partial charge in [-0.25, -0.2) is 9.50 Å². The quantitative estimate of drug-likeness (QED) is 0.343. The molecule has 4 aromatic rings. The van der Waals surface area contributed by atoms with Gasteiger partial charge in [0.1, 0.15) is 11.2 Å². The van der Waals surface area contributed by atoms with Crippen LogP contribution in [-0.4, -0.2) is 56.1 Å². The lowest BCUT2D eigenvalue weighted by molar-refractivity contribution is -0.147. The minimum absolute atomic E-state index is 0.0717. The van der Waals surface area contributed by atoms with Crippen molar-refractivity contribution in [2.75, 3.05) is 19.6 Å². The number of pyridine rings is 1. The Hall–Kier alpha value is -2.71. The fourth-order valence-electron chi connectivity index (χ4n) is 7.52. The van der Waals surface area contributed by atoms with Crippen LogP contribution in [0.2, 0.25) is 0 Å². The monoisotopic (exact) mass is 530 g/mol. The van der Waals surface area contributed by atoms with Crippen LogP contribution in [0.1, 0.15) is 85.8 Å². The van der Waals surface area contributed by atoms with Gasteiger partial charge in [-0.15, -0.1) is 11.3 Å². The molecule has 7 rings (SSSR count). The maximum Gasteiger partial charge on any atom is 0.239 e. The smallest absolute Gasteiger partial charge is 0.239 e. The molecule has 3 aliphatic rings. The molecule has 4 aromatic heterocycles. The molecular weight excluding hydrogens is 492 g/mol. The number of carbonyl (C=O) groups is 1. The first-order valence-electron chi connectivity index (χ1n) is 14.3. The number of carbonyl (C=O) groups excluding carboxylic acids is 1. The Labute approximate surface area is 228 Å². The molecule has 1 atom stereocenters. The van der Waals surface area contributed by atoms with Crippen LogP contribution >= 0.6 is 11.3 Å². The van der Waals surface area contributed by atoms with Gasteiger partial charge in [0.2, 0.25) is 5.91 Å². The molecule has 0 radical (unpaired) electrons. The lowest BCUT2D eigenvalue weighted by atomic mass is 9.65. The van der Waals surface area contributed by atoms with E-state index in [1.807, 2.05) is 15.9 Å². The number of aryl methyl sites for hydroxylation is 2. The Morgan fingerprint density at radius 3 is 2.68 bits per heavy atom. The molecule has 1 amide bonds. The fraction of sp³-hybridized carbons (Fsp3) is 0.567. The van der Waals surface area contributed by atoms with Crippen molar-refractivity contribution in [3.05, 3.63) is 40.2 Å². The molecule has 8 heteroatoms. The average molecular weight is 531 g/mol. The number of H-pyrrole nitrogens is 1. The second-order valence-electron chi connectivity index (χ2n) is 12.4. The molecule has 7 nitrogen and oxygen atoms in total. The first kappa shape index (κ1) is 24.3. The summed E-state index contributed by atoms with van der Waals surface area (Å²) in [6.45, 7) is 12.0. The number of hydrogen-bond acceptors (Lipinski definition) is 5. The topological polar surface area (TPSA) is 78.3 Å². The molecule has 0 bridgehead atoms. The lowest BCUT2D eigenvalue weighted by Gasteiger charge is -2.54. The molecule has 1 spiro atoms. The zero-order valence-electron chi connectivity index (χ0n) is 22.9. The highest BCUT2D eigenvalue weighted by Crippen LogP contribution is 2.52. The highest BCUT2D eigenvalue weighted by molar-refractivity contribution is 7.19. The number of thiophene rings is 1. The van der Waals surface area contributed by atoms with Gasteiger partial charge in [0, 0.05) is 40.5 Å². The second kappa shape index (κ2) is 8.91. The van der Waals surface area contributed by atoms with Gasteiger partial charge in [-0.3, -0.25) is 4.79 Å². The molecular formula is C30H38N6OS. The number of nitrogens with one attached hydrogen (secondary N) is 2. The van der Waals surface area contributed by atoms with E-state index >= 15 is 0 Å². The number of aromatic amines is 1. The number of fused-ring (bicyclic) bond motifs is 2. The van der Waals surface area contributed by atoms with Crippen molar-refractivity contribution in [3.8, 4) is 11.3 Å². The Bertz CT molecular complexity index is 1520. The third kappa shape index (κ3) is 3.74. The molecule has 1 aliphatic carbocycles. The van der Waals surface area contributed by atoms with Gasteiger partial charge in [0.05, 0.1) is 11.7 Å². The standard InChI is InChI=1S/C30H38N6OS/c1-17(2)23-24-19(4)26(38-28(24)34-25(23)21-12-18(3)27-32-16-33-36(27)13-21)20-7-9-30(10-8-20)14-35(15-30)29(37)22-6-5-11-31-22/h12-13,16-17,20,22,31,34H,5-11,14-15H2,1-4H3/t22-/m0/s1. The van der Waals surface area contributed by atoms with Crippen molar-refractivity contribution in [1.29, 1.82) is 0 Å². The fourth-order valence-corrected chi connectivity index (χ4v) is 8.91. The molecule has 2 saturated heterocycles. The van der Waals surface area contributed by atoms with Crippen LogP contribution in [0.5, 0.6) is 0 Å². The summed E-state index contributed by atoms with van der Waals surface area (Å²) >= 11 is 1.97. The summed E-state index contributed by atoms with van der Waals surface area (Å²) in [4.78, 5) is 26.0. The lowest BCUT2D eigenvalue weighted by Crippen LogP contribution is -2.62. The zero-order valence-corrected chi connectivity index (χ0v) is 23.7. The minimum atomic E-state index is 0.0717. The first-order chi connectivity index (χ1) is 18.3. The van der Waals surface area contributed by atoms with E-state index in [1.165, 1.54) is 58.3 Å². The van der Waals surface area contributed by atoms with Crippen LogP contribution in [0, 0.1) is 19.3 Å². The number of likely N-dealkylation sites (tertiary alicyclic amines) is 1. The number of amides is 1. The van der Waals surface area contributed by atoms with Crippen molar-refractivity contribution in [2.45, 2.75) is 84.1 Å². The maximum absolute atomic E-state index is 12.8. The zero-order chi connectivity index (χ0) is 26.2. The summed E-state index contributed by atoms with van der Waals surface area (Å²) in [6.07, 6.45) is 10.8. The van der Waals surface area contributed by atoms with E-state index in [4.69, 9.17) is 0 Å². The van der Waals surface area contributed by atoms with Crippen LogP contribution in [0.25, 0.3) is 27.1 Å². The normalized spacial score (nSPS) is 21.8. The first-order valence-corrected chi connectivity index (χ1v) is 15.1. The summed E-state index contributed by atoms with van der Waals surface area (Å²) in [5.74, 6) is 1.38. The molecule has 38 heavy (non-hydrogen) atoms. The SMILES string of the molecule is Cc1c(C2CCC3(CC2)CN(C(=O)[C@@H]2CCCN2)C3)sc2[nH]c(-c3cc(C)c4ncnn4c3)c(C(C)C)c12. The van der Waals surface area contributed by atoms with Crippen molar-refractivity contribution in [3.63, 3.8) is 0 Å². The number of nitrogens with zero attached hydrogens (tertiary/aromatic N) is 4. The van der Waals surface area contributed by atoms with E-state index in [0.717, 1.165) is 43.7 Å².